The fourth-order valence-corrected chi connectivity index (χ4v) is 2.08. The average Bonchev–Trinajstić information content (AvgIpc) is 2.43. The van der Waals surface area contributed by atoms with Crippen LogP contribution in [0, 0.1) is 0 Å². The molecule has 0 unspecified atom stereocenters. The van der Waals surface area contributed by atoms with Gasteiger partial charge in [-0.2, -0.15) is 0 Å². The molecule has 0 heterocycles. The number of hydrogen-bond acceptors (Lipinski definition) is 2. The summed E-state index contributed by atoms with van der Waals surface area (Å²) in [7, 11) is 0. The number of carbonyl (C=O) groups is 1. The summed E-state index contributed by atoms with van der Waals surface area (Å²) < 4.78 is 0. The van der Waals surface area contributed by atoms with Gasteiger partial charge in [0.05, 0.1) is 0 Å². The molecule has 0 bridgehead atoms. The second-order valence-corrected chi connectivity index (χ2v) is 5.35. The molecule has 0 N–H and O–H groups in total. The van der Waals surface area contributed by atoms with Crippen molar-refractivity contribution >= 4 is 5.97 Å². The van der Waals surface area contributed by atoms with Crippen LogP contribution in [0.2, 0.25) is 0 Å². The Morgan fingerprint density at radius 2 is 1.33 bits per heavy atom. The van der Waals surface area contributed by atoms with Gasteiger partial charge in [0.25, 0.3) is 0 Å². The summed E-state index contributed by atoms with van der Waals surface area (Å²) in [6.45, 7) is 2.23. The molecule has 0 saturated carbocycles. The van der Waals surface area contributed by atoms with Crippen molar-refractivity contribution in [3.8, 4) is 0 Å². The monoisotopic (exact) mass is 481 g/mol. The second kappa shape index (κ2) is 19.9. The van der Waals surface area contributed by atoms with Crippen LogP contribution in [0.25, 0.3) is 0 Å². The first-order valence-corrected chi connectivity index (χ1v) is 8.27. The zero-order chi connectivity index (χ0) is 14.9. The molecule has 0 aliphatic heterocycles. The van der Waals surface area contributed by atoms with Gasteiger partial charge in [0.2, 0.25) is 0 Å². The minimum atomic E-state index is -0.921. The van der Waals surface area contributed by atoms with Gasteiger partial charge in [-0.15, -0.1) is 0 Å². The van der Waals surface area contributed by atoms with Crippen LogP contribution in [0.1, 0.15) is 84.0 Å². The first-order chi connectivity index (χ1) is 9.77. The maximum atomic E-state index is 10.2. The molecular weight excluding hydrogens is 449 g/mol. The summed E-state index contributed by atoms with van der Waals surface area (Å²) in [5.74, 6) is -0.921. The van der Waals surface area contributed by atoms with E-state index in [-0.39, 0.29) is 34.1 Å². The molecule has 117 valence electrons. The summed E-state index contributed by atoms with van der Waals surface area (Å²) in [5.41, 5.74) is 0. The van der Waals surface area contributed by atoms with E-state index in [1.165, 1.54) is 38.5 Å². The van der Waals surface area contributed by atoms with Crippen molar-refractivity contribution in [3.63, 3.8) is 0 Å². The Labute approximate surface area is 151 Å². The van der Waals surface area contributed by atoms with Gasteiger partial charge in [-0.1, -0.05) is 63.3 Å². The Bertz CT molecular complexity index is 272. The van der Waals surface area contributed by atoms with Gasteiger partial charge in [0.15, 0.2) is 0 Å². The normalized spacial score (nSPS) is 11.1. The number of carbonyl (C=O) groups excluding carboxylic acids is 1. The van der Waals surface area contributed by atoms with Gasteiger partial charge in [0, 0.05) is 5.97 Å². The maximum absolute atomic E-state index is 10.2. The predicted octanol–water partition coefficient (Wildman–Crippen LogP) is 4.55. The summed E-state index contributed by atoms with van der Waals surface area (Å²) in [6, 6.07) is 0. The smallest absolute Gasteiger partial charge is 0.550 e. The van der Waals surface area contributed by atoms with Crippen molar-refractivity contribution in [3.05, 3.63) is 24.3 Å². The van der Waals surface area contributed by atoms with E-state index < -0.39 is 5.97 Å². The first-order valence-electron chi connectivity index (χ1n) is 8.27. The van der Waals surface area contributed by atoms with Crippen LogP contribution in [0.15, 0.2) is 24.3 Å². The molecule has 0 aliphatic rings. The molecule has 0 rings (SSSR count). The van der Waals surface area contributed by atoms with Crippen LogP contribution >= 0.6 is 0 Å². The van der Waals surface area contributed by atoms with E-state index >= 15 is 0 Å². The zero-order valence-corrected chi connectivity index (χ0v) is 19.3. The molecule has 0 spiro atoms. The number of allylic oxidation sites excluding steroid dienone is 4. The fraction of sp³-hybridized carbons (Fsp3) is 0.722. The molecule has 1 radical (unpaired) electrons. The van der Waals surface area contributed by atoms with Crippen molar-refractivity contribution in [1.29, 1.82) is 0 Å². The van der Waals surface area contributed by atoms with Gasteiger partial charge in [-0.05, 0) is 44.9 Å². The van der Waals surface area contributed by atoms with Gasteiger partial charge < -0.3 is 9.90 Å². The molecule has 0 aliphatic carbocycles. The van der Waals surface area contributed by atoms with Crippen molar-refractivity contribution in [2.75, 3.05) is 0 Å². The van der Waals surface area contributed by atoms with Crippen molar-refractivity contribution in [2.45, 2.75) is 84.0 Å². The Morgan fingerprint density at radius 1 is 0.810 bits per heavy atom. The van der Waals surface area contributed by atoms with Crippen LogP contribution in [0.3, 0.4) is 0 Å². The average molecular weight is 480 g/mol. The second-order valence-electron chi connectivity index (χ2n) is 5.35. The van der Waals surface area contributed by atoms with E-state index in [4.69, 9.17) is 0 Å². The maximum Gasteiger partial charge on any atom is 1.00 e. The SMILES string of the molecule is CCCCCC=CCC=CCCCCCCCC(=O)[O-].[Hg+]. The van der Waals surface area contributed by atoms with Gasteiger partial charge in [-0.25, -0.2) is 0 Å². The minimum Gasteiger partial charge on any atom is -0.550 e. The van der Waals surface area contributed by atoms with E-state index in [0.717, 1.165) is 32.1 Å². The molecule has 0 aromatic carbocycles. The molecule has 2 nitrogen and oxygen atoms in total. The van der Waals surface area contributed by atoms with E-state index in [0.29, 0.717) is 0 Å². The third-order valence-electron chi connectivity index (χ3n) is 3.33. The number of hydrogen-bond donors (Lipinski definition) is 0. The quantitative estimate of drug-likeness (QED) is 0.208. The molecule has 0 aromatic heterocycles. The Balaban J connectivity index is 0. The van der Waals surface area contributed by atoms with Crippen LogP contribution in [-0.2, 0) is 32.5 Å². The zero-order valence-electron chi connectivity index (χ0n) is 13.8. The topological polar surface area (TPSA) is 40.1 Å². The standard InChI is InChI=1S/C18H32O2.Hg/c1-2-3-4-5-6-7-8-9-10-11-12-13-14-15-16-17-18(19)20;/h6-7,9-10H,2-5,8,11-17H2,1H3,(H,19,20);/q;+1/p-1. The fourth-order valence-electron chi connectivity index (χ4n) is 2.08. The van der Waals surface area contributed by atoms with E-state index in [2.05, 4.69) is 31.2 Å². The van der Waals surface area contributed by atoms with Crippen molar-refractivity contribution in [1.82, 2.24) is 0 Å². The van der Waals surface area contributed by atoms with Gasteiger partial charge in [-0.3, -0.25) is 0 Å². The molecule has 0 amide bonds. The molecule has 21 heavy (non-hydrogen) atoms. The Morgan fingerprint density at radius 3 is 1.90 bits per heavy atom. The van der Waals surface area contributed by atoms with E-state index in [1.807, 2.05) is 0 Å². The number of unbranched alkanes of at least 4 members (excludes halogenated alkanes) is 8. The van der Waals surface area contributed by atoms with Crippen LogP contribution < -0.4 is 5.11 Å². The van der Waals surface area contributed by atoms with Crippen molar-refractivity contribution < 1.29 is 37.6 Å². The predicted molar refractivity (Wildman–Crippen MR) is 84.4 cm³/mol. The molecule has 0 saturated heterocycles. The molecular formula is C18H31HgO2. The van der Waals surface area contributed by atoms with Crippen LogP contribution in [0.4, 0.5) is 0 Å². The van der Waals surface area contributed by atoms with Gasteiger partial charge >= 0.3 is 27.7 Å². The van der Waals surface area contributed by atoms with Crippen LogP contribution in [0.5, 0.6) is 0 Å². The third-order valence-corrected chi connectivity index (χ3v) is 3.33. The summed E-state index contributed by atoms with van der Waals surface area (Å²) >= 11 is 0. The first kappa shape index (κ1) is 23.2. The van der Waals surface area contributed by atoms with Gasteiger partial charge in [0.1, 0.15) is 0 Å². The Hall–Kier alpha value is -0.115. The van der Waals surface area contributed by atoms with E-state index in [1.54, 1.807) is 0 Å². The molecule has 3 heteroatoms. The molecule has 0 fully saturated rings. The largest absolute Gasteiger partial charge is 1.00 e. The van der Waals surface area contributed by atoms with Crippen molar-refractivity contribution in [2.24, 2.45) is 0 Å². The van der Waals surface area contributed by atoms with Crippen LogP contribution in [-0.4, -0.2) is 5.97 Å². The summed E-state index contributed by atoms with van der Waals surface area (Å²) in [4.78, 5) is 10.2. The molecule has 0 aromatic rings. The number of carboxylic acids is 1. The minimum absolute atomic E-state index is 0. The molecule has 0 atom stereocenters. The number of rotatable bonds is 14. The number of aliphatic carboxylic acids is 1. The van der Waals surface area contributed by atoms with E-state index in [9.17, 15) is 9.90 Å². The summed E-state index contributed by atoms with van der Waals surface area (Å²) in [6.07, 6.45) is 21.9. The summed E-state index contributed by atoms with van der Waals surface area (Å²) in [5, 5.41) is 10.2. The number of carboxylic acid groups (broad SMARTS) is 1. The third kappa shape index (κ3) is 22.3. The Kier molecular flexibility index (Phi) is 21.9.